The fourth-order valence-electron chi connectivity index (χ4n) is 0.290. The first-order valence-corrected chi connectivity index (χ1v) is 5.64. The molecule has 4 heteroatoms. The van der Waals surface area contributed by atoms with Gasteiger partial charge in [0.25, 0.3) is 0 Å². The number of rotatable bonds is 3. The third-order valence-electron chi connectivity index (χ3n) is 0.928. The predicted octanol–water partition coefficient (Wildman–Crippen LogP) is 1.67. The van der Waals surface area contributed by atoms with Crippen LogP contribution in [0, 0.1) is 0 Å². The summed E-state index contributed by atoms with van der Waals surface area (Å²) in [7, 11) is -2.72. The van der Waals surface area contributed by atoms with Gasteiger partial charge in [0.05, 0.1) is 0 Å². The number of hydrogen-bond donors (Lipinski definition) is 1. The summed E-state index contributed by atoms with van der Waals surface area (Å²) in [6.45, 7) is 1.73. The first kappa shape index (κ1) is 8.67. The van der Waals surface area contributed by atoms with E-state index in [1.165, 1.54) is 0 Å². The first-order chi connectivity index (χ1) is 3.62. The summed E-state index contributed by atoms with van der Waals surface area (Å²) in [5.74, 6) is 0. The Balaban J connectivity index is 3.55. The van der Waals surface area contributed by atoms with Gasteiger partial charge >= 0.3 is 0 Å². The van der Waals surface area contributed by atoms with E-state index < -0.39 is 7.37 Å². The van der Waals surface area contributed by atoms with E-state index in [1.807, 2.05) is 0 Å². The topological polar surface area (TPSA) is 37.3 Å². The molecule has 0 saturated carbocycles. The molecule has 0 fully saturated rings. The fraction of sp³-hybridized carbons (Fsp3) is 1.00. The molecule has 50 valence electrons. The van der Waals surface area contributed by atoms with Crippen LogP contribution in [0.3, 0.4) is 0 Å². The summed E-state index contributed by atoms with van der Waals surface area (Å²) in [6.07, 6.45) is 0.780. The van der Waals surface area contributed by atoms with Crippen LogP contribution < -0.4 is 0 Å². The summed E-state index contributed by atoms with van der Waals surface area (Å²) < 4.78 is 10.7. The lowest BCUT2D eigenvalue weighted by Gasteiger charge is -2.03. The van der Waals surface area contributed by atoms with E-state index in [1.54, 1.807) is 6.92 Å². The molecule has 0 aliphatic heterocycles. The van der Waals surface area contributed by atoms with Crippen LogP contribution in [0.2, 0.25) is 0 Å². The van der Waals surface area contributed by atoms with Gasteiger partial charge < -0.3 is 4.89 Å². The molecule has 0 aromatic heterocycles. The zero-order chi connectivity index (χ0) is 6.62. The Morgan fingerprint density at radius 3 is 2.38 bits per heavy atom. The van der Waals surface area contributed by atoms with Gasteiger partial charge in [-0.2, -0.15) is 0 Å². The van der Waals surface area contributed by atoms with Gasteiger partial charge in [-0.25, -0.2) is 0 Å². The second-order valence-corrected chi connectivity index (χ2v) is 5.14. The number of alkyl halides is 1. The molecule has 0 aromatic carbocycles. The van der Waals surface area contributed by atoms with Crippen LogP contribution in [-0.4, -0.2) is 22.5 Å². The van der Waals surface area contributed by atoms with Crippen LogP contribution in [0.5, 0.6) is 0 Å². The van der Waals surface area contributed by atoms with Crippen LogP contribution in [0.25, 0.3) is 0 Å². The lowest BCUT2D eigenvalue weighted by molar-refractivity contribution is 0.481. The largest absolute Gasteiger partial charge is 0.344 e. The fourth-order valence-corrected chi connectivity index (χ4v) is 2.53. The third kappa shape index (κ3) is 3.65. The summed E-state index contributed by atoms with van der Waals surface area (Å²) in [4.78, 5) is 8.85. The van der Waals surface area contributed by atoms with Crippen LogP contribution in [0.15, 0.2) is 0 Å². The van der Waals surface area contributed by atoms with Crippen molar-refractivity contribution in [3.63, 3.8) is 0 Å². The van der Waals surface area contributed by atoms with Gasteiger partial charge in [0.2, 0.25) is 7.37 Å². The lowest BCUT2D eigenvalue weighted by Crippen LogP contribution is -1.90. The lowest BCUT2D eigenvalue weighted by atomic mass is 11.0. The van der Waals surface area contributed by atoms with E-state index >= 15 is 0 Å². The number of halogens is 1. The summed E-state index contributed by atoms with van der Waals surface area (Å²) in [6, 6.07) is 0. The number of hydrogen-bond acceptors (Lipinski definition) is 1. The zero-order valence-corrected chi connectivity index (χ0v) is 7.28. The summed E-state index contributed by atoms with van der Waals surface area (Å²) >= 11 is 3.09. The van der Waals surface area contributed by atoms with Gasteiger partial charge in [0.1, 0.15) is 0 Å². The monoisotopic (exact) mass is 200 g/mol. The molecule has 1 unspecified atom stereocenters. The molecule has 0 amide bonds. The molecule has 1 N–H and O–H groups in total. The van der Waals surface area contributed by atoms with Gasteiger partial charge in [-0.3, -0.25) is 4.57 Å². The summed E-state index contributed by atoms with van der Waals surface area (Å²) in [5.41, 5.74) is 0. The molecule has 2 nitrogen and oxygen atoms in total. The van der Waals surface area contributed by atoms with Crippen LogP contribution in [0.1, 0.15) is 6.92 Å². The molecule has 0 rings (SSSR count). The van der Waals surface area contributed by atoms with Crippen molar-refractivity contribution in [2.45, 2.75) is 6.92 Å². The Kier molecular flexibility index (Phi) is 3.95. The minimum Gasteiger partial charge on any atom is -0.344 e. The quantitative estimate of drug-likeness (QED) is 0.556. The van der Waals surface area contributed by atoms with E-state index in [4.69, 9.17) is 4.89 Å². The Labute approximate surface area is 57.9 Å². The second-order valence-electron chi connectivity index (χ2n) is 1.58. The van der Waals surface area contributed by atoms with E-state index in [-0.39, 0.29) is 0 Å². The highest BCUT2D eigenvalue weighted by Gasteiger charge is 2.11. The average Bonchev–Trinajstić information content (AvgIpc) is 1.67. The average molecular weight is 201 g/mol. The molecule has 8 heavy (non-hydrogen) atoms. The van der Waals surface area contributed by atoms with Gasteiger partial charge in [-0.1, -0.05) is 22.9 Å². The second kappa shape index (κ2) is 3.65. The smallest absolute Gasteiger partial charge is 0.201 e. The van der Waals surface area contributed by atoms with Crippen molar-refractivity contribution in [1.29, 1.82) is 0 Å². The Morgan fingerprint density at radius 2 is 2.25 bits per heavy atom. The molecule has 0 aliphatic carbocycles. The molecule has 0 aromatic rings. The predicted molar refractivity (Wildman–Crippen MR) is 39.0 cm³/mol. The first-order valence-electron chi connectivity index (χ1n) is 2.49. The molecule has 0 spiro atoms. The molecular formula is C4H10BrO2P. The molecule has 0 heterocycles. The Morgan fingerprint density at radius 1 is 1.75 bits per heavy atom. The van der Waals surface area contributed by atoms with Gasteiger partial charge in [-0.05, 0) is 0 Å². The minimum atomic E-state index is -2.72. The Hall–Kier alpha value is 0.670. The molecule has 0 aliphatic rings. The maximum atomic E-state index is 10.7. The third-order valence-corrected chi connectivity index (χ3v) is 3.85. The van der Waals surface area contributed by atoms with Crippen LogP contribution in [0.4, 0.5) is 0 Å². The molecular weight excluding hydrogens is 191 g/mol. The van der Waals surface area contributed by atoms with Crippen molar-refractivity contribution in [2.75, 3.05) is 17.7 Å². The van der Waals surface area contributed by atoms with Crippen molar-refractivity contribution in [2.24, 2.45) is 0 Å². The molecule has 0 bridgehead atoms. The van der Waals surface area contributed by atoms with Crippen LogP contribution >= 0.6 is 23.3 Å². The molecule has 0 saturated heterocycles. The SMILES string of the molecule is CCP(=O)(O)CCBr. The van der Waals surface area contributed by atoms with Gasteiger partial charge in [-0.15, -0.1) is 0 Å². The summed E-state index contributed by atoms with van der Waals surface area (Å²) in [5, 5.41) is 0.620. The van der Waals surface area contributed by atoms with Crippen molar-refractivity contribution in [3.05, 3.63) is 0 Å². The molecule has 1 atom stereocenters. The van der Waals surface area contributed by atoms with Crippen molar-refractivity contribution >= 4 is 23.3 Å². The maximum absolute atomic E-state index is 10.7. The van der Waals surface area contributed by atoms with E-state index in [0.717, 1.165) is 0 Å². The van der Waals surface area contributed by atoms with Crippen molar-refractivity contribution < 1.29 is 9.46 Å². The highest BCUT2D eigenvalue weighted by atomic mass is 79.9. The Bertz CT molecular complexity index is 104. The normalized spacial score (nSPS) is 17.9. The van der Waals surface area contributed by atoms with Gasteiger partial charge in [0.15, 0.2) is 0 Å². The highest BCUT2D eigenvalue weighted by Crippen LogP contribution is 2.39. The van der Waals surface area contributed by atoms with Crippen molar-refractivity contribution in [3.8, 4) is 0 Å². The highest BCUT2D eigenvalue weighted by molar-refractivity contribution is 9.09. The maximum Gasteiger partial charge on any atom is 0.201 e. The standard InChI is InChI=1S/C4H10BrO2P/c1-2-8(6,7)4-3-5/h2-4H2,1H3,(H,6,7). The van der Waals surface area contributed by atoms with E-state index in [9.17, 15) is 4.57 Å². The van der Waals surface area contributed by atoms with Crippen LogP contribution in [-0.2, 0) is 4.57 Å². The molecule has 0 radical (unpaired) electrons. The zero-order valence-electron chi connectivity index (χ0n) is 4.80. The van der Waals surface area contributed by atoms with E-state index in [2.05, 4.69) is 15.9 Å². The van der Waals surface area contributed by atoms with Gasteiger partial charge in [0, 0.05) is 17.7 Å². The minimum absolute atomic E-state index is 0.387. The van der Waals surface area contributed by atoms with E-state index in [0.29, 0.717) is 17.7 Å². The van der Waals surface area contributed by atoms with Crippen molar-refractivity contribution in [1.82, 2.24) is 0 Å².